The highest BCUT2D eigenvalue weighted by Gasteiger charge is 2.17. The molecule has 8 N–H and O–H groups in total. The second kappa shape index (κ2) is 22.1. The maximum Gasteiger partial charge on any atom is 0.407 e. The minimum absolute atomic E-state index is 0. The number of ether oxygens (including phenoxy) is 2. The molecule has 0 saturated carbocycles. The summed E-state index contributed by atoms with van der Waals surface area (Å²) in [4.78, 5) is 22.9. The average molecular weight is 817 g/mol. The Bertz CT molecular complexity index is 1850. The van der Waals surface area contributed by atoms with Crippen molar-refractivity contribution >= 4 is 62.1 Å². The number of halogens is 1. The van der Waals surface area contributed by atoms with E-state index in [0.717, 1.165) is 25.3 Å². The lowest BCUT2D eigenvalue weighted by atomic mass is 10.2. The lowest BCUT2D eigenvalue weighted by Gasteiger charge is -2.19. The number of anilines is 3. The van der Waals surface area contributed by atoms with E-state index in [4.69, 9.17) is 20.9 Å². The van der Waals surface area contributed by atoms with Crippen molar-refractivity contribution in [3.05, 3.63) is 89.5 Å². The predicted octanol–water partition coefficient (Wildman–Crippen LogP) is 5.01. The van der Waals surface area contributed by atoms with Crippen LogP contribution in [0.4, 0.5) is 26.7 Å². The molecule has 0 heterocycles. The van der Waals surface area contributed by atoms with Crippen LogP contribution in [-0.4, -0.2) is 77.0 Å². The van der Waals surface area contributed by atoms with Gasteiger partial charge in [0.1, 0.15) is 11.2 Å². The molecular formula is C35H57ClN8O8S2. The summed E-state index contributed by atoms with van der Waals surface area (Å²) in [6.07, 6.45) is -0.943. The zero-order valence-corrected chi connectivity index (χ0v) is 35.0. The molecule has 3 rings (SSSR count). The largest absolute Gasteiger partial charge is 0.444 e. The summed E-state index contributed by atoms with van der Waals surface area (Å²) in [6, 6.07) is 21.1. The van der Waals surface area contributed by atoms with Crippen LogP contribution in [0.3, 0.4) is 0 Å². The van der Waals surface area contributed by atoms with E-state index in [-0.39, 0.29) is 19.0 Å². The number of nitrogen functional groups attached to an aromatic ring is 1. The van der Waals surface area contributed by atoms with E-state index in [1.165, 1.54) is 28.2 Å². The first-order chi connectivity index (χ1) is 24.3. The van der Waals surface area contributed by atoms with Gasteiger partial charge in [-0.2, -0.15) is 25.4 Å². The summed E-state index contributed by atoms with van der Waals surface area (Å²) >= 11 is 0. The van der Waals surface area contributed by atoms with E-state index < -0.39 is 43.8 Å². The van der Waals surface area contributed by atoms with Crippen molar-refractivity contribution < 1.29 is 35.9 Å². The van der Waals surface area contributed by atoms with Gasteiger partial charge in [0.05, 0.1) is 11.4 Å². The van der Waals surface area contributed by atoms with Gasteiger partial charge in [-0.15, -0.1) is 12.4 Å². The zero-order chi connectivity index (χ0) is 40.6. The number of hydrogen-bond donors (Lipinski definition) is 6. The van der Waals surface area contributed by atoms with E-state index in [1.54, 1.807) is 69.3 Å². The van der Waals surface area contributed by atoms with E-state index in [1.807, 2.05) is 45.0 Å². The van der Waals surface area contributed by atoms with Crippen LogP contribution in [-0.2, 0) is 49.5 Å². The number of nitrogens with two attached hydrogens (primary N) is 2. The van der Waals surface area contributed by atoms with Gasteiger partial charge in [-0.25, -0.2) is 9.59 Å². The van der Waals surface area contributed by atoms with E-state index in [9.17, 15) is 26.4 Å². The molecule has 3 aromatic rings. The molecule has 0 radical (unpaired) electrons. The molecule has 54 heavy (non-hydrogen) atoms. The quantitative estimate of drug-likeness (QED) is 0.142. The maximum atomic E-state index is 11.8. The number of rotatable bonds is 11. The van der Waals surface area contributed by atoms with E-state index in [2.05, 4.69) is 20.1 Å². The van der Waals surface area contributed by atoms with Gasteiger partial charge in [0.25, 0.3) is 0 Å². The summed E-state index contributed by atoms with van der Waals surface area (Å²) in [5, 5.41) is 5.29. The summed E-state index contributed by atoms with van der Waals surface area (Å²) in [7, 11) is -1.17. The Morgan fingerprint density at radius 3 is 1.33 bits per heavy atom. The molecule has 0 spiro atoms. The first-order valence-corrected chi connectivity index (χ1v) is 19.3. The third kappa shape index (κ3) is 21.4. The molecule has 16 nitrogen and oxygen atoms in total. The van der Waals surface area contributed by atoms with Gasteiger partial charge in [-0.1, -0.05) is 36.4 Å². The number of amides is 2. The Kier molecular flexibility index (Phi) is 20.4. The van der Waals surface area contributed by atoms with Crippen molar-refractivity contribution in [2.24, 2.45) is 5.73 Å². The van der Waals surface area contributed by atoms with Crippen LogP contribution < -0.4 is 31.5 Å². The van der Waals surface area contributed by atoms with Crippen molar-refractivity contribution in [2.45, 2.75) is 72.4 Å². The molecule has 19 heteroatoms. The normalized spacial score (nSPS) is 11.4. The highest BCUT2D eigenvalue weighted by atomic mass is 35.5. The van der Waals surface area contributed by atoms with Crippen LogP contribution >= 0.6 is 12.4 Å². The monoisotopic (exact) mass is 816 g/mol. The van der Waals surface area contributed by atoms with E-state index in [0.29, 0.717) is 30.2 Å². The Hall–Kier alpha value is -4.33. The van der Waals surface area contributed by atoms with Crippen LogP contribution in [0.25, 0.3) is 0 Å². The second-order valence-electron chi connectivity index (χ2n) is 13.8. The number of nitrogens with zero attached hydrogens (tertiary/aromatic N) is 2. The molecule has 0 aliphatic carbocycles. The molecular weight excluding hydrogens is 760 g/mol. The number of alkyl carbamates (subject to hydrolysis) is 2. The Morgan fingerprint density at radius 1 is 0.630 bits per heavy atom. The van der Waals surface area contributed by atoms with Gasteiger partial charge in [0, 0.05) is 53.5 Å². The standard InChI is InChI=1S/C14H23N3O4S.C12H18N2O2.C9H15N3O2S.ClH/c1-14(2,3)21-13(18)15-10-11-7-6-8-12(9-11)16-22(19,20)17(4)5;1-12(2,3)16-11(15)14-8-9-5-4-6-10(13)7-9;1-12(2)15(13,14)11-9-5-3-4-8(6-9)7-10;/h6-9,16H,10H2,1-5H3,(H,15,18);4-7H,8,13H2,1-3H3,(H,14,15);3-6,11H,7,10H2,1-2H3;1H. The average Bonchev–Trinajstić information content (AvgIpc) is 3.02. The molecule has 0 aliphatic heterocycles. The van der Waals surface area contributed by atoms with Crippen LogP contribution in [0, 0.1) is 0 Å². The molecule has 304 valence electrons. The summed E-state index contributed by atoms with van der Waals surface area (Å²) < 4.78 is 63.8. The number of carbonyl (C=O) groups excluding carboxylic acids is 2. The summed E-state index contributed by atoms with van der Waals surface area (Å²) in [5.74, 6) is 0. The topological polar surface area (TPSA) is 228 Å². The Labute approximate surface area is 327 Å². The first-order valence-electron chi connectivity index (χ1n) is 16.4. The molecule has 0 aromatic heterocycles. The van der Waals surface area contributed by atoms with Crippen molar-refractivity contribution in [3.8, 4) is 0 Å². The number of carbonyl (C=O) groups is 2. The number of nitrogens with one attached hydrogen (secondary N) is 4. The first kappa shape index (κ1) is 49.7. The van der Waals surface area contributed by atoms with Crippen molar-refractivity contribution in [1.82, 2.24) is 19.2 Å². The van der Waals surface area contributed by atoms with Crippen LogP contribution in [0.1, 0.15) is 58.2 Å². The lowest BCUT2D eigenvalue weighted by molar-refractivity contribution is 0.0512. The molecule has 2 amide bonds. The number of benzene rings is 3. The summed E-state index contributed by atoms with van der Waals surface area (Å²) in [5.41, 5.74) is 14.3. The highest BCUT2D eigenvalue weighted by Crippen LogP contribution is 2.15. The van der Waals surface area contributed by atoms with Crippen molar-refractivity contribution in [3.63, 3.8) is 0 Å². The van der Waals surface area contributed by atoms with Gasteiger partial charge in [0.2, 0.25) is 0 Å². The minimum Gasteiger partial charge on any atom is -0.444 e. The van der Waals surface area contributed by atoms with Gasteiger partial charge < -0.3 is 31.6 Å². The molecule has 0 aliphatic rings. The smallest absolute Gasteiger partial charge is 0.407 e. The molecule has 0 unspecified atom stereocenters. The third-order valence-electron chi connectivity index (χ3n) is 6.17. The van der Waals surface area contributed by atoms with Gasteiger partial charge in [-0.05, 0) is 94.6 Å². The minimum atomic E-state index is -3.55. The van der Waals surface area contributed by atoms with Crippen LogP contribution in [0.15, 0.2) is 72.8 Å². The van der Waals surface area contributed by atoms with Crippen LogP contribution in [0.2, 0.25) is 0 Å². The molecule has 0 atom stereocenters. The fourth-order valence-corrected chi connectivity index (χ4v) is 4.88. The highest BCUT2D eigenvalue weighted by molar-refractivity contribution is 7.90. The summed E-state index contributed by atoms with van der Waals surface area (Å²) in [6.45, 7) is 11.9. The zero-order valence-electron chi connectivity index (χ0n) is 32.6. The Balaban J connectivity index is 0.000000791. The maximum absolute atomic E-state index is 11.8. The van der Waals surface area contributed by atoms with Gasteiger partial charge in [-0.3, -0.25) is 9.44 Å². The van der Waals surface area contributed by atoms with Crippen LogP contribution in [0.5, 0.6) is 0 Å². The fraction of sp³-hybridized carbons (Fsp3) is 0.429. The fourth-order valence-electron chi connectivity index (χ4n) is 3.67. The molecule has 0 fully saturated rings. The number of hydrogen-bond acceptors (Lipinski definition) is 10. The second-order valence-corrected chi connectivity index (χ2v) is 17.6. The lowest BCUT2D eigenvalue weighted by Crippen LogP contribution is -2.32. The molecule has 0 saturated heterocycles. The van der Waals surface area contributed by atoms with E-state index >= 15 is 0 Å². The van der Waals surface area contributed by atoms with Gasteiger partial charge >= 0.3 is 32.6 Å². The Morgan fingerprint density at radius 2 is 0.981 bits per heavy atom. The SMILES string of the molecule is CC(C)(C)OC(=O)NCc1cccc(N)c1.CN(C)S(=O)(=O)Nc1cccc(CN)c1.CN(C)S(=O)(=O)Nc1cccc(CNC(=O)OC(C)(C)C)c1.Cl. The molecule has 3 aromatic carbocycles. The van der Waals surface area contributed by atoms with Crippen molar-refractivity contribution in [1.29, 1.82) is 0 Å². The van der Waals surface area contributed by atoms with Crippen molar-refractivity contribution in [2.75, 3.05) is 43.4 Å². The third-order valence-corrected chi connectivity index (χ3v) is 9.08. The predicted molar refractivity (Wildman–Crippen MR) is 217 cm³/mol. The molecule has 0 bridgehead atoms. The van der Waals surface area contributed by atoms with Gasteiger partial charge in [0.15, 0.2) is 0 Å².